The molecule has 0 spiro atoms. The van der Waals surface area contributed by atoms with Crippen molar-refractivity contribution in [1.29, 1.82) is 0 Å². The third-order valence-corrected chi connectivity index (χ3v) is 8.92. The van der Waals surface area contributed by atoms with E-state index in [0.29, 0.717) is 6.04 Å². The largest absolute Gasteiger partial charge is 0.300 e. The van der Waals surface area contributed by atoms with E-state index in [0.717, 1.165) is 12.0 Å². The van der Waals surface area contributed by atoms with Crippen molar-refractivity contribution in [3.05, 3.63) is 70.8 Å². The molecule has 36 heavy (non-hydrogen) atoms. The maximum Gasteiger partial charge on any atom is 0.0136 e. The molecule has 0 amide bonds. The Labute approximate surface area is 222 Å². The second-order valence-electron chi connectivity index (χ2n) is 11.8. The lowest BCUT2D eigenvalue weighted by Crippen LogP contribution is -2.44. The number of rotatable bonds is 12. The van der Waals surface area contributed by atoms with Gasteiger partial charge in [-0.25, -0.2) is 0 Å². The highest BCUT2D eigenvalue weighted by atomic mass is 15.2. The Morgan fingerprint density at radius 2 is 1.44 bits per heavy atom. The molecular weight excluding hydrogens is 436 g/mol. The summed E-state index contributed by atoms with van der Waals surface area (Å²) < 4.78 is 0. The van der Waals surface area contributed by atoms with Crippen molar-refractivity contribution in [2.24, 2.45) is 5.92 Å². The highest BCUT2D eigenvalue weighted by Crippen LogP contribution is 2.27. The summed E-state index contributed by atoms with van der Waals surface area (Å²) in [6, 6.07) is 20.1. The van der Waals surface area contributed by atoms with Gasteiger partial charge in [-0.3, -0.25) is 4.90 Å². The van der Waals surface area contributed by atoms with Gasteiger partial charge in [-0.05, 0) is 113 Å². The molecule has 2 aliphatic heterocycles. The van der Waals surface area contributed by atoms with E-state index in [-0.39, 0.29) is 0 Å². The van der Waals surface area contributed by atoms with Gasteiger partial charge in [0.15, 0.2) is 0 Å². The Kier molecular flexibility index (Phi) is 10.9. The minimum atomic E-state index is 0.685. The van der Waals surface area contributed by atoms with Crippen molar-refractivity contribution in [1.82, 2.24) is 9.80 Å². The third-order valence-electron chi connectivity index (χ3n) is 8.92. The fourth-order valence-corrected chi connectivity index (χ4v) is 6.95. The molecule has 2 saturated heterocycles. The van der Waals surface area contributed by atoms with Gasteiger partial charge in [0, 0.05) is 18.6 Å². The van der Waals surface area contributed by atoms with Crippen molar-refractivity contribution in [2.45, 2.75) is 110 Å². The first-order chi connectivity index (χ1) is 17.7. The zero-order valence-corrected chi connectivity index (χ0v) is 23.6. The number of aryl methyl sites for hydroxylation is 1. The van der Waals surface area contributed by atoms with Crippen LogP contribution in [0.3, 0.4) is 0 Å². The van der Waals surface area contributed by atoms with E-state index in [1.807, 2.05) is 0 Å². The summed E-state index contributed by atoms with van der Waals surface area (Å²) in [4.78, 5) is 5.64. The van der Waals surface area contributed by atoms with Crippen LogP contribution in [0, 0.1) is 12.8 Å². The molecule has 198 valence electrons. The molecular formula is C34H52N2. The number of piperidine rings is 2. The van der Waals surface area contributed by atoms with Crippen LogP contribution in [0.15, 0.2) is 48.5 Å². The standard InChI is InChI=1S/C34H52N2/c1-4-13-33(35-20-9-6-10-21-35)25-30-17-11-16-29(23-30)24-31-18-12-22-36(27-31)34(14-5-2)26-32-19-8-7-15-28(32)3/h7-8,11,15-17,19,23,31,33-34H,4-6,9-10,12-14,18,20-22,24-27H2,1-3H3. The van der Waals surface area contributed by atoms with Crippen LogP contribution in [0.5, 0.6) is 0 Å². The molecule has 0 aliphatic carbocycles. The smallest absolute Gasteiger partial charge is 0.0136 e. The first-order valence-corrected chi connectivity index (χ1v) is 15.3. The summed E-state index contributed by atoms with van der Waals surface area (Å²) in [5, 5.41) is 0. The summed E-state index contributed by atoms with van der Waals surface area (Å²) in [7, 11) is 0. The lowest BCUT2D eigenvalue weighted by atomic mass is 9.88. The van der Waals surface area contributed by atoms with Crippen LogP contribution in [0.2, 0.25) is 0 Å². The van der Waals surface area contributed by atoms with E-state index in [1.54, 1.807) is 16.7 Å². The minimum Gasteiger partial charge on any atom is -0.300 e. The van der Waals surface area contributed by atoms with Crippen molar-refractivity contribution < 1.29 is 0 Å². The molecule has 2 nitrogen and oxygen atoms in total. The van der Waals surface area contributed by atoms with Gasteiger partial charge in [0.05, 0.1) is 0 Å². The Morgan fingerprint density at radius 1 is 0.750 bits per heavy atom. The topological polar surface area (TPSA) is 6.48 Å². The molecule has 3 unspecified atom stereocenters. The van der Waals surface area contributed by atoms with Gasteiger partial charge in [-0.2, -0.15) is 0 Å². The first kappa shape index (κ1) is 27.4. The fourth-order valence-electron chi connectivity index (χ4n) is 6.95. The van der Waals surface area contributed by atoms with Gasteiger partial charge < -0.3 is 4.90 Å². The summed E-state index contributed by atoms with van der Waals surface area (Å²) >= 11 is 0. The third kappa shape index (κ3) is 7.93. The predicted octanol–water partition coefficient (Wildman–Crippen LogP) is 7.86. The molecule has 0 saturated carbocycles. The maximum absolute atomic E-state index is 2.85. The Morgan fingerprint density at radius 3 is 2.19 bits per heavy atom. The van der Waals surface area contributed by atoms with Crippen LogP contribution in [-0.2, 0) is 19.3 Å². The number of nitrogens with zero attached hydrogens (tertiary/aromatic N) is 2. The highest BCUT2D eigenvalue weighted by Gasteiger charge is 2.26. The SMILES string of the molecule is CCCC(Cc1cccc(CC2CCCN(C(CCC)Cc3ccccc3C)C2)c1)N1CCCCC1. The summed E-state index contributed by atoms with van der Waals surface area (Å²) in [5.41, 5.74) is 6.13. The van der Waals surface area contributed by atoms with Crippen LogP contribution in [-0.4, -0.2) is 48.1 Å². The van der Waals surface area contributed by atoms with Crippen LogP contribution in [0.4, 0.5) is 0 Å². The van der Waals surface area contributed by atoms with E-state index >= 15 is 0 Å². The zero-order chi connectivity index (χ0) is 25.2. The lowest BCUT2D eigenvalue weighted by Gasteiger charge is -2.39. The second-order valence-corrected chi connectivity index (χ2v) is 11.8. The average Bonchev–Trinajstić information content (AvgIpc) is 2.90. The minimum absolute atomic E-state index is 0.685. The maximum atomic E-state index is 2.85. The van der Waals surface area contributed by atoms with Gasteiger partial charge >= 0.3 is 0 Å². The van der Waals surface area contributed by atoms with E-state index in [1.165, 1.54) is 109 Å². The molecule has 0 aromatic heterocycles. The van der Waals surface area contributed by atoms with Crippen molar-refractivity contribution in [3.63, 3.8) is 0 Å². The first-order valence-electron chi connectivity index (χ1n) is 15.3. The van der Waals surface area contributed by atoms with Crippen LogP contribution in [0.1, 0.15) is 93.9 Å². The molecule has 2 heteroatoms. The Balaban J connectivity index is 1.37. The molecule has 4 rings (SSSR count). The van der Waals surface area contributed by atoms with Crippen LogP contribution < -0.4 is 0 Å². The van der Waals surface area contributed by atoms with Crippen molar-refractivity contribution in [3.8, 4) is 0 Å². The van der Waals surface area contributed by atoms with Gasteiger partial charge in [0.25, 0.3) is 0 Å². The average molecular weight is 489 g/mol. The van der Waals surface area contributed by atoms with Crippen molar-refractivity contribution in [2.75, 3.05) is 26.2 Å². The van der Waals surface area contributed by atoms with E-state index in [9.17, 15) is 0 Å². The van der Waals surface area contributed by atoms with Gasteiger partial charge in [-0.15, -0.1) is 0 Å². The van der Waals surface area contributed by atoms with Gasteiger partial charge in [-0.1, -0.05) is 81.6 Å². The second kappa shape index (κ2) is 14.3. The van der Waals surface area contributed by atoms with Crippen LogP contribution >= 0.6 is 0 Å². The summed E-state index contributed by atoms with van der Waals surface area (Å²) in [6.07, 6.45) is 15.8. The predicted molar refractivity (Wildman–Crippen MR) is 156 cm³/mol. The van der Waals surface area contributed by atoms with Gasteiger partial charge in [0.2, 0.25) is 0 Å². The molecule has 2 heterocycles. The molecule has 2 aromatic carbocycles. The molecule has 0 N–H and O–H groups in total. The number of hydrogen-bond donors (Lipinski definition) is 0. The Hall–Kier alpha value is -1.64. The molecule has 2 aromatic rings. The number of likely N-dealkylation sites (tertiary alicyclic amines) is 2. The fraction of sp³-hybridized carbons (Fsp3) is 0.647. The monoisotopic (exact) mass is 488 g/mol. The number of benzene rings is 2. The van der Waals surface area contributed by atoms with Crippen LogP contribution in [0.25, 0.3) is 0 Å². The van der Waals surface area contributed by atoms with E-state index in [4.69, 9.17) is 0 Å². The number of hydrogen-bond acceptors (Lipinski definition) is 2. The van der Waals surface area contributed by atoms with E-state index in [2.05, 4.69) is 79.1 Å². The quantitative estimate of drug-likeness (QED) is 0.300. The molecule has 0 bridgehead atoms. The summed E-state index contributed by atoms with van der Waals surface area (Å²) in [6.45, 7) is 12.2. The summed E-state index contributed by atoms with van der Waals surface area (Å²) in [5.74, 6) is 0.791. The zero-order valence-electron chi connectivity index (χ0n) is 23.6. The highest BCUT2D eigenvalue weighted by molar-refractivity contribution is 5.27. The molecule has 0 radical (unpaired) electrons. The Bertz CT molecular complexity index is 900. The lowest BCUT2D eigenvalue weighted by molar-refractivity contribution is 0.115. The van der Waals surface area contributed by atoms with Gasteiger partial charge in [0.1, 0.15) is 0 Å². The molecule has 2 aliphatic rings. The van der Waals surface area contributed by atoms with Crippen molar-refractivity contribution >= 4 is 0 Å². The molecule has 3 atom stereocenters. The normalized spacial score (nSPS) is 21.4. The molecule has 2 fully saturated rings. The van der Waals surface area contributed by atoms with E-state index < -0.39 is 0 Å².